The van der Waals surface area contributed by atoms with Gasteiger partial charge in [-0.2, -0.15) is 0 Å². The number of halogens is 1. The SMILES string of the molecule is CCCNC(C)c1nc2ccc(Cl)cc2n1C(C)C. The second-order valence-corrected chi connectivity index (χ2v) is 5.68. The molecule has 0 fully saturated rings. The van der Waals surface area contributed by atoms with Gasteiger partial charge in [-0.25, -0.2) is 4.98 Å². The average Bonchev–Trinajstić information content (AvgIpc) is 2.74. The number of rotatable bonds is 5. The summed E-state index contributed by atoms with van der Waals surface area (Å²) in [7, 11) is 0. The number of imidazole rings is 1. The third-order valence-corrected chi connectivity index (χ3v) is 3.52. The number of hydrogen-bond donors (Lipinski definition) is 1. The van der Waals surface area contributed by atoms with Crippen LogP contribution in [0.3, 0.4) is 0 Å². The zero-order valence-electron chi connectivity index (χ0n) is 12.1. The fourth-order valence-corrected chi connectivity index (χ4v) is 2.55. The third kappa shape index (κ3) is 2.93. The lowest BCUT2D eigenvalue weighted by Gasteiger charge is -2.18. The maximum absolute atomic E-state index is 6.11. The third-order valence-electron chi connectivity index (χ3n) is 3.28. The van der Waals surface area contributed by atoms with Crippen molar-refractivity contribution in [1.82, 2.24) is 14.9 Å². The highest BCUT2D eigenvalue weighted by Gasteiger charge is 2.18. The van der Waals surface area contributed by atoms with Crippen LogP contribution in [0.4, 0.5) is 0 Å². The Balaban J connectivity index is 2.50. The second kappa shape index (κ2) is 5.93. The first-order valence-corrected chi connectivity index (χ1v) is 7.33. The van der Waals surface area contributed by atoms with Gasteiger partial charge >= 0.3 is 0 Å². The molecule has 19 heavy (non-hydrogen) atoms. The summed E-state index contributed by atoms with van der Waals surface area (Å²) >= 11 is 6.11. The van der Waals surface area contributed by atoms with Gasteiger partial charge < -0.3 is 9.88 Å². The minimum atomic E-state index is 0.244. The zero-order valence-corrected chi connectivity index (χ0v) is 12.8. The average molecular weight is 280 g/mol. The molecule has 2 rings (SSSR count). The van der Waals surface area contributed by atoms with Crippen molar-refractivity contribution >= 4 is 22.6 Å². The van der Waals surface area contributed by atoms with Crippen LogP contribution >= 0.6 is 11.6 Å². The van der Waals surface area contributed by atoms with Crippen molar-refractivity contribution in [2.24, 2.45) is 0 Å². The normalized spacial score (nSPS) is 13.4. The number of fused-ring (bicyclic) bond motifs is 1. The highest BCUT2D eigenvalue weighted by molar-refractivity contribution is 6.31. The van der Waals surface area contributed by atoms with Crippen molar-refractivity contribution in [1.29, 1.82) is 0 Å². The van der Waals surface area contributed by atoms with Crippen LogP contribution < -0.4 is 5.32 Å². The summed E-state index contributed by atoms with van der Waals surface area (Å²) in [6.07, 6.45) is 1.12. The molecule has 0 saturated heterocycles. The van der Waals surface area contributed by atoms with Crippen molar-refractivity contribution in [3.63, 3.8) is 0 Å². The van der Waals surface area contributed by atoms with E-state index < -0.39 is 0 Å². The maximum atomic E-state index is 6.11. The molecule has 0 bridgehead atoms. The van der Waals surface area contributed by atoms with Gasteiger partial charge in [0.1, 0.15) is 5.82 Å². The number of benzene rings is 1. The smallest absolute Gasteiger partial charge is 0.127 e. The molecule has 0 saturated carbocycles. The van der Waals surface area contributed by atoms with Gasteiger partial charge in [0.25, 0.3) is 0 Å². The molecule has 2 aromatic rings. The van der Waals surface area contributed by atoms with Crippen molar-refractivity contribution in [2.75, 3.05) is 6.54 Å². The Bertz CT molecular complexity index is 560. The molecular formula is C15H22ClN3. The van der Waals surface area contributed by atoms with E-state index in [1.807, 2.05) is 18.2 Å². The first kappa shape index (κ1) is 14.4. The largest absolute Gasteiger partial charge is 0.324 e. The monoisotopic (exact) mass is 279 g/mol. The van der Waals surface area contributed by atoms with Crippen LogP contribution in [-0.2, 0) is 0 Å². The number of nitrogens with zero attached hydrogens (tertiary/aromatic N) is 2. The molecule has 1 aromatic heterocycles. The lowest BCUT2D eigenvalue weighted by Crippen LogP contribution is -2.23. The van der Waals surface area contributed by atoms with E-state index in [2.05, 4.69) is 37.6 Å². The van der Waals surface area contributed by atoms with Crippen molar-refractivity contribution < 1.29 is 0 Å². The Kier molecular flexibility index (Phi) is 4.48. The highest BCUT2D eigenvalue weighted by atomic mass is 35.5. The summed E-state index contributed by atoms with van der Waals surface area (Å²) < 4.78 is 2.27. The van der Waals surface area contributed by atoms with Gasteiger partial charge in [-0.1, -0.05) is 18.5 Å². The van der Waals surface area contributed by atoms with Crippen molar-refractivity contribution in [2.45, 2.75) is 46.2 Å². The molecule has 0 amide bonds. The van der Waals surface area contributed by atoms with Crippen LogP contribution in [0, 0.1) is 0 Å². The first-order chi connectivity index (χ1) is 9.04. The van der Waals surface area contributed by atoms with E-state index >= 15 is 0 Å². The van der Waals surface area contributed by atoms with Gasteiger partial charge in [-0.3, -0.25) is 0 Å². The Morgan fingerprint density at radius 2 is 2.05 bits per heavy atom. The van der Waals surface area contributed by atoms with Crippen LogP contribution in [0.15, 0.2) is 18.2 Å². The number of nitrogens with one attached hydrogen (secondary N) is 1. The van der Waals surface area contributed by atoms with Crippen LogP contribution in [0.2, 0.25) is 5.02 Å². The molecular weight excluding hydrogens is 258 g/mol. The molecule has 0 radical (unpaired) electrons. The van der Waals surface area contributed by atoms with Crippen LogP contribution in [0.5, 0.6) is 0 Å². The highest BCUT2D eigenvalue weighted by Crippen LogP contribution is 2.27. The predicted octanol–water partition coefficient (Wildman–Crippen LogP) is 4.33. The van der Waals surface area contributed by atoms with Crippen molar-refractivity contribution in [3.8, 4) is 0 Å². The topological polar surface area (TPSA) is 29.9 Å². The second-order valence-electron chi connectivity index (χ2n) is 5.24. The predicted molar refractivity (Wildman–Crippen MR) is 81.8 cm³/mol. The molecule has 1 heterocycles. The standard InChI is InChI=1S/C15H22ClN3/c1-5-8-17-11(4)15-18-13-7-6-12(16)9-14(13)19(15)10(2)3/h6-7,9-11,17H,5,8H2,1-4H3. The van der Waals surface area contributed by atoms with E-state index in [4.69, 9.17) is 16.6 Å². The molecule has 3 nitrogen and oxygen atoms in total. The lowest BCUT2D eigenvalue weighted by atomic mass is 10.2. The fourth-order valence-electron chi connectivity index (χ4n) is 2.39. The molecule has 1 unspecified atom stereocenters. The minimum Gasteiger partial charge on any atom is -0.324 e. The van der Waals surface area contributed by atoms with Crippen molar-refractivity contribution in [3.05, 3.63) is 29.0 Å². The maximum Gasteiger partial charge on any atom is 0.127 e. The molecule has 0 spiro atoms. The quantitative estimate of drug-likeness (QED) is 0.883. The van der Waals surface area contributed by atoms with Gasteiger partial charge in [0.2, 0.25) is 0 Å². The molecule has 1 N–H and O–H groups in total. The Labute approximate surface area is 120 Å². The summed E-state index contributed by atoms with van der Waals surface area (Å²) in [5.74, 6) is 1.08. The van der Waals surface area contributed by atoms with E-state index in [0.717, 1.165) is 34.8 Å². The van der Waals surface area contributed by atoms with Crippen LogP contribution in [0.1, 0.15) is 52.0 Å². The Morgan fingerprint density at radius 1 is 1.32 bits per heavy atom. The molecule has 104 valence electrons. The molecule has 1 aromatic carbocycles. The van der Waals surface area contributed by atoms with E-state index in [1.54, 1.807) is 0 Å². The van der Waals surface area contributed by atoms with E-state index in [0.29, 0.717) is 6.04 Å². The van der Waals surface area contributed by atoms with E-state index in [1.165, 1.54) is 0 Å². The number of aromatic nitrogens is 2. The molecule has 0 aliphatic heterocycles. The molecule has 0 aliphatic carbocycles. The fraction of sp³-hybridized carbons (Fsp3) is 0.533. The molecule has 1 atom stereocenters. The lowest BCUT2D eigenvalue weighted by molar-refractivity contribution is 0.492. The zero-order chi connectivity index (χ0) is 14.0. The van der Waals surface area contributed by atoms with E-state index in [-0.39, 0.29) is 6.04 Å². The van der Waals surface area contributed by atoms with E-state index in [9.17, 15) is 0 Å². The number of hydrogen-bond acceptors (Lipinski definition) is 2. The molecule has 0 aliphatic rings. The summed E-state index contributed by atoms with van der Waals surface area (Å²) in [4.78, 5) is 4.77. The Morgan fingerprint density at radius 3 is 2.68 bits per heavy atom. The van der Waals surface area contributed by atoms with Gasteiger partial charge in [0.05, 0.1) is 17.1 Å². The summed E-state index contributed by atoms with van der Waals surface area (Å²) in [5, 5.41) is 4.26. The van der Waals surface area contributed by atoms with Gasteiger partial charge in [-0.05, 0) is 51.9 Å². The molecule has 4 heteroatoms. The minimum absolute atomic E-state index is 0.244. The van der Waals surface area contributed by atoms with Crippen LogP contribution in [0.25, 0.3) is 11.0 Å². The summed E-state index contributed by atoms with van der Waals surface area (Å²) in [6, 6.07) is 6.50. The summed E-state index contributed by atoms with van der Waals surface area (Å²) in [6.45, 7) is 9.70. The Hall–Kier alpha value is -1.06. The summed E-state index contributed by atoms with van der Waals surface area (Å²) in [5.41, 5.74) is 2.13. The van der Waals surface area contributed by atoms with Gasteiger partial charge in [0, 0.05) is 11.1 Å². The van der Waals surface area contributed by atoms with Crippen LogP contribution in [-0.4, -0.2) is 16.1 Å². The van der Waals surface area contributed by atoms with Gasteiger partial charge in [0.15, 0.2) is 0 Å². The van der Waals surface area contributed by atoms with Gasteiger partial charge in [-0.15, -0.1) is 0 Å². The first-order valence-electron chi connectivity index (χ1n) is 6.95.